The summed E-state index contributed by atoms with van der Waals surface area (Å²) >= 11 is 0. The van der Waals surface area contributed by atoms with Crippen LogP contribution in [0.5, 0.6) is 0 Å². The maximum atomic E-state index is 14.9. The number of hydrogen-bond donors (Lipinski definition) is 2. The van der Waals surface area contributed by atoms with Gasteiger partial charge in [-0.2, -0.15) is 31.4 Å². The summed E-state index contributed by atoms with van der Waals surface area (Å²) in [6.45, 7) is 0.197. The van der Waals surface area contributed by atoms with E-state index in [1.807, 2.05) is 0 Å². The first-order valence-electron chi connectivity index (χ1n) is 12.5. The average Bonchev–Trinajstić information content (AvgIpc) is 3.34. The maximum Gasteiger partial charge on any atom is 0.423 e. The molecule has 1 aliphatic carbocycles. The standard InChI is InChI=1S/C26H21F7N6O2/c27-18-9-16-14(8-17(18)22-34-10-15(11-35-22)25(28,29)30)5-7-39(24(16)41)6-4-13-2-1-3-19(13)37-20-12-36-38-23(40)21(20)26(31,32)33/h5,7-13,19H,1-4,6H2,(H2,37,38,40)/t13-,19-/m0/s1. The Morgan fingerprint density at radius 3 is 2.41 bits per heavy atom. The number of aryl methyl sites for hydroxylation is 1. The minimum Gasteiger partial charge on any atom is -0.380 e. The number of pyridine rings is 1. The third kappa shape index (κ3) is 5.79. The molecule has 0 unspecified atom stereocenters. The lowest BCUT2D eigenvalue weighted by Gasteiger charge is -2.24. The van der Waals surface area contributed by atoms with Gasteiger partial charge >= 0.3 is 12.4 Å². The largest absolute Gasteiger partial charge is 0.423 e. The molecule has 216 valence electrons. The minimum absolute atomic E-state index is 0.0335. The van der Waals surface area contributed by atoms with Crippen LogP contribution in [-0.2, 0) is 18.9 Å². The second kappa shape index (κ2) is 10.6. The highest BCUT2D eigenvalue weighted by Gasteiger charge is 2.39. The number of benzene rings is 1. The summed E-state index contributed by atoms with van der Waals surface area (Å²) in [4.78, 5) is 32.1. The summed E-state index contributed by atoms with van der Waals surface area (Å²) in [6.07, 6.45) is -3.63. The van der Waals surface area contributed by atoms with Crippen LogP contribution in [-0.4, -0.2) is 30.8 Å². The highest BCUT2D eigenvalue weighted by atomic mass is 19.4. The molecule has 3 aromatic heterocycles. The predicted octanol–water partition coefficient (Wildman–Crippen LogP) is 5.39. The number of aromatic amines is 1. The van der Waals surface area contributed by atoms with E-state index < -0.39 is 46.1 Å². The lowest BCUT2D eigenvalue weighted by molar-refractivity contribution is -0.139. The first-order chi connectivity index (χ1) is 19.3. The van der Waals surface area contributed by atoms with E-state index in [0.717, 1.165) is 18.7 Å². The maximum absolute atomic E-state index is 14.9. The van der Waals surface area contributed by atoms with Crippen molar-refractivity contribution in [1.82, 2.24) is 24.7 Å². The highest BCUT2D eigenvalue weighted by molar-refractivity contribution is 5.86. The van der Waals surface area contributed by atoms with Gasteiger partial charge in [0.25, 0.3) is 11.1 Å². The van der Waals surface area contributed by atoms with E-state index in [9.17, 15) is 40.3 Å². The molecule has 41 heavy (non-hydrogen) atoms. The summed E-state index contributed by atoms with van der Waals surface area (Å²) in [7, 11) is 0. The van der Waals surface area contributed by atoms with Crippen LogP contribution in [0.25, 0.3) is 22.2 Å². The molecule has 1 fully saturated rings. The summed E-state index contributed by atoms with van der Waals surface area (Å²) in [6, 6.07) is 3.41. The van der Waals surface area contributed by atoms with Crippen molar-refractivity contribution in [3.05, 3.63) is 80.6 Å². The highest BCUT2D eigenvalue weighted by Crippen LogP contribution is 2.36. The van der Waals surface area contributed by atoms with Crippen LogP contribution < -0.4 is 16.4 Å². The molecular formula is C26H21F7N6O2. The van der Waals surface area contributed by atoms with Crippen LogP contribution >= 0.6 is 0 Å². The number of nitrogens with one attached hydrogen (secondary N) is 2. The fourth-order valence-corrected chi connectivity index (χ4v) is 5.13. The molecule has 3 heterocycles. The molecule has 0 radical (unpaired) electrons. The number of halogens is 7. The topological polar surface area (TPSA) is 106 Å². The average molecular weight is 582 g/mol. The quantitative estimate of drug-likeness (QED) is 0.296. The van der Waals surface area contributed by atoms with Crippen molar-refractivity contribution in [2.45, 2.75) is 50.6 Å². The molecule has 4 aromatic rings. The first-order valence-corrected chi connectivity index (χ1v) is 12.5. The molecule has 0 spiro atoms. The molecule has 5 rings (SSSR count). The van der Waals surface area contributed by atoms with Crippen molar-refractivity contribution < 1.29 is 30.7 Å². The Morgan fingerprint density at radius 2 is 1.73 bits per heavy atom. The van der Waals surface area contributed by atoms with E-state index in [0.29, 0.717) is 37.0 Å². The number of H-pyrrole nitrogens is 1. The molecule has 2 N–H and O–H groups in total. The van der Waals surface area contributed by atoms with Crippen LogP contribution in [0, 0.1) is 11.7 Å². The number of aromatic nitrogens is 5. The molecule has 0 aliphatic heterocycles. The van der Waals surface area contributed by atoms with E-state index >= 15 is 0 Å². The van der Waals surface area contributed by atoms with Crippen LogP contribution in [0.1, 0.15) is 36.8 Å². The van der Waals surface area contributed by atoms with Crippen molar-refractivity contribution in [1.29, 1.82) is 0 Å². The Kier molecular flexibility index (Phi) is 7.30. The normalized spacial score (nSPS) is 17.7. The molecule has 1 aliphatic rings. The summed E-state index contributed by atoms with van der Waals surface area (Å²) in [5, 5.41) is 8.45. The fraction of sp³-hybridized carbons (Fsp3) is 0.346. The van der Waals surface area contributed by atoms with Gasteiger partial charge in [-0.25, -0.2) is 19.5 Å². The minimum atomic E-state index is -4.88. The van der Waals surface area contributed by atoms with Crippen molar-refractivity contribution in [3.8, 4) is 11.4 Å². The zero-order valence-electron chi connectivity index (χ0n) is 21.0. The van der Waals surface area contributed by atoms with E-state index in [4.69, 9.17) is 0 Å². The van der Waals surface area contributed by atoms with Gasteiger partial charge in [-0.1, -0.05) is 6.42 Å². The van der Waals surface area contributed by atoms with Gasteiger partial charge in [0.2, 0.25) is 0 Å². The van der Waals surface area contributed by atoms with Crippen molar-refractivity contribution in [2.75, 3.05) is 5.32 Å². The molecule has 15 heteroatoms. The number of anilines is 1. The molecule has 1 saturated carbocycles. The van der Waals surface area contributed by atoms with Gasteiger partial charge < -0.3 is 9.88 Å². The van der Waals surface area contributed by atoms with Crippen LogP contribution in [0.15, 0.2) is 52.6 Å². The summed E-state index contributed by atoms with van der Waals surface area (Å²) in [5.74, 6) is -1.28. The Hall–Kier alpha value is -4.30. The Balaban J connectivity index is 1.34. The third-order valence-electron chi connectivity index (χ3n) is 7.16. The van der Waals surface area contributed by atoms with E-state index in [-0.39, 0.29) is 35.3 Å². The molecule has 1 aromatic carbocycles. The summed E-state index contributed by atoms with van der Waals surface area (Å²) < 4.78 is 95.0. The van der Waals surface area contributed by atoms with E-state index in [1.165, 1.54) is 16.8 Å². The second-order valence-electron chi connectivity index (χ2n) is 9.74. The number of fused-ring (bicyclic) bond motifs is 1. The molecule has 0 amide bonds. The molecular weight excluding hydrogens is 561 g/mol. The Bertz CT molecular complexity index is 1700. The fourth-order valence-electron chi connectivity index (χ4n) is 5.13. The number of rotatable bonds is 6. The van der Waals surface area contributed by atoms with Gasteiger partial charge in [-0.15, -0.1) is 0 Å². The molecule has 2 atom stereocenters. The van der Waals surface area contributed by atoms with Crippen molar-refractivity contribution >= 4 is 16.5 Å². The van der Waals surface area contributed by atoms with Gasteiger partial charge in [-0.3, -0.25) is 9.59 Å². The van der Waals surface area contributed by atoms with Crippen molar-refractivity contribution in [3.63, 3.8) is 0 Å². The van der Waals surface area contributed by atoms with Gasteiger partial charge in [0.05, 0.1) is 28.4 Å². The van der Waals surface area contributed by atoms with E-state index in [2.05, 4.69) is 20.4 Å². The molecule has 8 nitrogen and oxygen atoms in total. The van der Waals surface area contributed by atoms with Gasteiger partial charge in [0, 0.05) is 31.2 Å². The molecule has 0 bridgehead atoms. The first kappa shape index (κ1) is 28.2. The molecule has 0 saturated heterocycles. The summed E-state index contributed by atoms with van der Waals surface area (Å²) in [5.41, 5.74) is -4.88. The monoisotopic (exact) mass is 582 g/mol. The number of nitrogens with zero attached hydrogens (tertiary/aromatic N) is 4. The zero-order chi connectivity index (χ0) is 29.5. The lowest BCUT2D eigenvalue weighted by Crippen LogP contribution is -2.31. The van der Waals surface area contributed by atoms with Crippen LogP contribution in [0.4, 0.5) is 36.4 Å². The number of alkyl halides is 6. The van der Waals surface area contributed by atoms with Crippen molar-refractivity contribution in [2.24, 2.45) is 5.92 Å². The zero-order valence-corrected chi connectivity index (χ0v) is 21.0. The van der Waals surface area contributed by atoms with Gasteiger partial charge in [-0.05, 0) is 48.8 Å². The Morgan fingerprint density at radius 1 is 1.00 bits per heavy atom. The Labute approximate surface area is 226 Å². The van der Waals surface area contributed by atoms with Gasteiger partial charge in [0.15, 0.2) is 5.82 Å². The smallest absolute Gasteiger partial charge is 0.380 e. The van der Waals surface area contributed by atoms with E-state index in [1.54, 1.807) is 11.2 Å². The van der Waals surface area contributed by atoms with Gasteiger partial charge in [0.1, 0.15) is 11.4 Å². The third-order valence-corrected chi connectivity index (χ3v) is 7.16. The SMILES string of the molecule is O=c1[nH]ncc(N[C@H]2CCC[C@H]2CCn2ccc3cc(-c4ncc(C(F)(F)F)cn4)c(F)cc3c2=O)c1C(F)(F)F. The van der Waals surface area contributed by atoms with Crippen LogP contribution in [0.2, 0.25) is 0 Å². The lowest BCUT2D eigenvalue weighted by atomic mass is 9.98. The van der Waals surface area contributed by atoms with Crippen LogP contribution in [0.3, 0.4) is 0 Å². The second-order valence-corrected chi connectivity index (χ2v) is 9.74. The number of hydrogen-bond acceptors (Lipinski definition) is 6. The predicted molar refractivity (Wildman–Crippen MR) is 133 cm³/mol.